The molecule has 3 rings (SSSR count). The summed E-state index contributed by atoms with van der Waals surface area (Å²) in [6.45, 7) is 6.33. The molecule has 0 saturated carbocycles. The molecule has 0 spiro atoms. The predicted molar refractivity (Wildman–Crippen MR) is 92.7 cm³/mol. The summed E-state index contributed by atoms with van der Waals surface area (Å²) in [5, 5.41) is 0.567. The number of nitrogens with zero attached hydrogens (tertiary/aromatic N) is 3. The summed E-state index contributed by atoms with van der Waals surface area (Å²) < 4.78 is 14.2. The van der Waals surface area contributed by atoms with E-state index in [-0.39, 0.29) is 10.6 Å². The molecule has 4 nitrogen and oxygen atoms in total. The largest absolute Gasteiger partial charge is 0.378 e. The van der Waals surface area contributed by atoms with E-state index in [1.807, 2.05) is 13.0 Å². The van der Waals surface area contributed by atoms with Crippen LogP contribution in [0.1, 0.15) is 32.8 Å². The summed E-state index contributed by atoms with van der Waals surface area (Å²) in [6.07, 6.45) is 5.46. The van der Waals surface area contributed by atoms with Gasteiger partial charge in [0.1, 0.15) is 12.1 Å². The topological polar surface area (TPSA) is 64.2 Å². The zero-order chi connectivity index (χ0) is 16.7. The third-order valence-electron chi connectivity index (χ3n) is 3.97. The van der Waals surface area contributed by atoms with Crippen molar-refractivity contribution in [1.29, 1.82) is 0 Å². The Kier molecular flexibility index (Phi) is 3.88. The first-order chi connectivity index (χ1) is 10.8. The molecule has 2 aromatic rings. The molecule has 0 amide bonds. The number of hydrogen-bond acceptors (Lipinski definition) is 5. The molecule has 0 fully saturated rings. The van der Waals surface area contributed by atoms with Crippen LogP contribution in [0, 0.1) is 5.82 Å². The average molecular weight is 330 g/mol. The number of halogens is 1. The van der Waals surface area contributed by atoms with Crippen molar-refractivity contribution in [2.24, 2.45) is 10.7 Å². The molecule has 2 N–H and O–H groups in total. The van der Waals surface area contributed by atoms with Crippen LogP contribution in [0.2, 0.25) is 0 Å². The number of thioether (sulfide) groups is 1. The molecule has 0 aliphatic carbocycles. The van der Waals surface area contributed by atoms with Crippen LogP contribution in [-0.2, 0) is 5.54 Å². The molecule has 6 heteroatoms. The third-order valence-corrected chi connectivity index (χ3v) is 4.96. The lowest BCUT2D eigenvalue weighted by atomic mass is 9.83. The van der Waals surface area contributed by atoms with Crippen LogP contribution in [0.25, 0.3) is 11.1 Å². The van der Waals surface area contributed by atoms with Gasteiger partial charge in [-0.1, -0.05) is 31.7 Å². The van der Waals surface area contributed by atoms with Gasteiger partial charge in [0.05, 0.1) is 5.54 Å². The molecule has 2 heterocycles. The fraction of sp³-hybridized carbons (Fsp3) is 0.353. The molecular weight excluding hydrogens is 311 g/mol. The van der Waals surface area contributed by atoms with Crippen LogP contribution in [0.4, 0.5) is 4.39 Å². The number of aromatic nitrogens is 2. The van der Waals surface area contributed by atoms with Crippen molar-refractivity contribution in [2.75, 3.05) is 0 Å². The molecule has 1 aliphatic rings. The molecule has 120 valence electrons. The second kappa shape index (κ2) is 5.60. The van der Waals surface area contributed by atoms with E-state index in [0.29, 0.717) is 16.3 Å². The maximum atomic E-state index is 14.3. The van der Waals surface area contributed by atoms with Crippen molar-refractivity contribution in [1.82, 2.24) is 9.97 Å². The van der Waals surface area contributed by atoms with E-state index < -0.39 is 5.54 Å². The SMILES string of the molecule is CC1(C)C[C@@](C)(c2ccc(F)c(-c3cncnc3)c2)N=C(N)S1. The zero-order valence-electron chi connectivity index (χ0n) is 13.4. The smallest absolute Gasteiger partial charge is 0.155 e. The zero-order valence-corrected chi connectivity index (χ0v) is 14.2. The lowest BCUT2D eigenvalue weighted by molar-refractivity contribution is 0.402. The summed E-state index contributed by atoms with van der Waals surface area (Å²) in [4.78, 5) is 12.6. The molecule has 23 heavy (non-hydrogen) atoms. The summed E-state index contributed by atoms with van der Waals surface area (Å²) in [7, 11) is 0. The Morgan fingerprint density at radius 1 is 1.17 bits per heavy atom. The van der Waals surface area contributed by atoms with Crippen LogP contribution < -0.4 is 5.73 Å². The third kappa shape index (κ3) is 3.22. The van der Waals surface area contributed by atoms with Gasteiger partial charge in [0.2, 0.25) is 0 Å². The van der Waals surface area contributed by atoms with Crippen LogP contribution in [0.15, 0.2) is 41.9 Å². The van der Waals surface area contributed by atoms with E-state index in [0.717, 1.165) is 12.0 Å². The van der Waals surface area contributed by atoms with Crippen molar-refractivity contribution >= 4 is 16.9 Å². The highest BCUT2D eigenvalue weighted by atomic mass is 32.2. The number of amidine groups is 1. The summed E-state index contributed by atoms with van der Waals surface area (Å²) in [5.41, 5.74) is 7.62. The fourth-order valence-electron chi connectivity index (χ4n) is 3.14. The molecule has 1 aliphatic heterocycles. The van der Waals surface area contributed by atoms with Crippen LogP contribution >= 0.6 is 11.8 Å². The molecule has 0 radical (unpaired) electrons. The summed E-state index contributed by atoms with van der Waals surface area (Å²) in [5.74, 6) is -0.298. The Morgan fingerprint density at radius 3 is 2.52 bits per heavy atom. The molecule has 1 aromatic heterocycles. The predicted octanol–water partition coefficient (Wildman–Crippen LogP) is 3.73. The van der Waals surface area contributed by atoms with Gasteiger partial charge in [0.25, 0.3) is 0 Å². The lowest BCUT2D eigenvalue weighted by Gasteiger charge is -2.39. The molecule has 0 saturated heterocycles. The lowest BCUT2D eigenvalue weighted by Crippen LogP contribution is -2.38. The van der Waals surface area contributed by atoms with Gasteiger partial charge in [-0.15, -0.1) is 0 Å². The maximum Gasteiger partial charge on any atom is 0.155 e. The standard InChI is InChI=1S/C17H19FN4S/c1-16(2)9-17(3,22-15(19)23-16)12-4-5-14(18)13(6-12)11-7-20-10-21-8-11/h4-8,10H,9H2,1-3H3,(H2,19,22)/t17-/m0/s1. The number of aliphatic imine (C=N–C) groups is 1. The fourth-order valence-corrected chi connectivity index (χ4v) is 4.31. The van der Waals surface area contributed by atoms with E-state index in [1.54, 1.807) is 30.2 Å². The van der Waals surface area contributed by atoms with Crippen molar-refractivity contribution in [3.05, 3.63) is 48.3 Å². The normalized spacial score (nSPS) is 23.4. The Morgan fingerprint density at radius 2 is 1.87 bits per heavy atom. The van der Waals surface area contributed by atoms with E-state index in [2.05, 4.69) is 28.8 Å². The van der Waals surface area contributed by atoms with Gasteiger partial charge in [-0.2, -0.15) is 0 Å². The second-order valence-corrected chi connectivity index (χ2v) is 8.31. The van der Waals surface area contributed by atoms with Crippen LogP contribution in [-0.4, -0.2) is 19.9 Å². The van der Waals surface area contributed by atoms with Crippen LogP contribution in [0.5, 0.6) is 0 Å². The van der Waals surface area contributed by atoms with E-state index in [1.165, 1.54) is 12.4 Å². The van der Waals surface area contributed by atoms with E-state index in [4.69, 9.17) is 5.73 Å². The van der Waals surface area contributed by atoms with E-state index in [9.17, 15) is 4.39 Å². The molecule has 0 bridgehead atoms. The van der Waals surface area contributed by atoms with Crippen molar-refractivity contribution in [3.63, 3.8) is 0 Å². The number of nitrogens with two attached hydrogens (primary N) is 1. The highest BCUT2D eigenvalue weighted by Crippen LogP contribution is 2.45. The highest BCUT2D eigenvalue weighted by Gasteiger charge is 2.39. The van der Waals surface area contributed by atoms with Gasteiger partial charge in [-0.3, -0.25) is 4.99 Å². The minimum atomic E-state index is -0.475. The van der Waals surface area contributed by atoms with Gasteiger partial charge in [0.15, 0.2) is 5.17 Å². The second-order valence-electron chi connectivity index (χ2n) is 6.58. The average Bonchev–Trinajstić information content (AvgIpc) is 2.46. The summed E-state index contributed by atoms with van der Waals surface area (Å²) >= 11 is 1.58. The quantitative estimate of drug-likeness (QED) is 0.911. The minimum absolute atomic E-state index is 0.0228. The van der Waals surface area contributed by atoms with Gasteiger partial charge >= 0.3 is 0 Å². The van der Waals surface area contributed by atoms with Gasteiger partial charge < -0.3 is 5.73 Å². The van der Waals surface area contributed by atoms with Crippen molar-refractivity contribution in [2.45, 2.75) is 37.5 Å². The van der Waals surface area contributed by atoms with E-state index >= 15 is 0 Å². The minimum Gasteiger partial charge on any atom is -0.378 e. The monoisotopic (exact) mass is 330 g/mol. The van der Waals surface area contributed by atoms with Crippen molar-refractivity contribution < 1.29 is 4.39 Å². The van der Waals surface area contributed by atoms with Crippen LogP contribution in [0.3, 0.4) is 0 Å². The number of rotatable bonds is 2. The molecule has 0 unspecified atom stereocenters. The maximum absolute atomic E-state index is 14.3. The van der Waals surface area contributed by atoms with Crippen molar-refractivity contribution in [3.8, 4) is 11.1 Å². The molecular formula is C17H19FN4S. The first kappa shape index (κ1) is 15.9. The highest BCUT2D eigenvalue weighted by molar-refractivity contribution is 8.15. The Bertz CT molecular complexity index is 760. The van der Waals surface area contributed by atoms with Gasteiger partial charge in [0, 0.05) is 28.3 Å². The number of benzene rings is 1. The van der Waals surface area contributed by atoms with Gasteiger partial charge in [-0.25, -0.2) is 14.4 Å². The molecule has 1 atom stereocenters. The number of hydrogen-bond donors (Lipinski definition) is 1. The Labute approximate surface area is 139 Å². The van der Waals surface area contributed by atoms with Gasteiger partial charge in [-0.05, 0) is 31.0 Å². The summed E-state index contributed by atoms with van der Waals surface area (Å²) in [6, 6.07) is 5.09. The Hall–Kier alpha value is -1.95. The first-order valence-electron chi connectivity index (χ1n) is 7.39. The molecule has 1 aromatic carbocycles. The Balaban J connectivity index is 2.09. The first-order valence-corrected chi connectivity index (χ1v) is 8.20.